The second-order valence-electron chi connectivity index (χ2n) is 5.12. The normalized spacial score (nSPS) is 16.1. The molecule has 1 N–H and O–H groups in total. The first-order valence-corrected chi connectivity index (χ1v) is 6.85. The molecule has 1 aliphatic rings. The number of nitrogens with one attached hydrogen (secondary N) is 1. The minimum absolute atomic E-state index is 0.763. The molecule has 1 fully saturated rings. The Kier molecular flexibility index (Phi) is 4.78. The summed E-state index contributed by atoms with van der Waals surface area (Å²) in [4.78, 5) is 4.75. The molecule has 1 saturated heterocycles. The van der Waals surface area contributed by atoms with E-state index in [1.807, 2.05) is 19.1 Å². The lowest BCUT2D eigenvalue weighted by Crippen LogP contribution is -2.46. The Morgan fingerprint density at radius 3 is 2.74 bits per heavy atom. The van der Waals surface area contributed by atoms with Gasteiger partial charge in [0.25, 0.3) is 0 Å². The van der Waals surface area contributed by atoms with Gasteiger partial charge in [-0.15, -0.1) is 0 Å². The number of piperazine rings is 1. The Balaban J connectivity index is 1.90. The standard InChI is InChI=1S/C15H22N4/c1-13-11-15(4-3-14(13)12-16)18(2)9-10-19-7-5-17-6-8-19/h3-4,11,17H,5-10H2,1-2H3. The molecule has 0 atom stereocenters. The van der Waals surface area contributed by atoms with E-state index >= 15 is 0 Å². The molecule has 1 aromatic rings. The molecule has 1 heterocycles. The largest absolute Gasteiger partial charge is 0.373 e. The molecule has 0 bridgehead atoms. The Bertz CT molecular complexity index is 458. The molecule has 0 radical (unpaired) electrons. The van der Waals surface area contributed by atoms with Crippen LogP contribution >= 0.6 is 0 Å². The molecule has 2 rings (SSSR count). The Morgan fingerprint density at radius 1 is 1.37 bits per heavy atom. The number of hydrogen-bond acceptors (Lipinski definition) is 4. The molecule has 19 heavy (non-hydrogen) atoms. The maximum absolute atomic E-state index is 8.95. The molecule has 0 amide bonds. The van der Waals surface area contributed by atoms with Crippen LogP contribution in [-0.4, -0.2) is 51.2 Å². The van der Waals surface area contributed by atoms with Gasteiger partial charge in [-0.05, 0) is 30.7 Å². The van der Waals surface area contributed by atoms with Crippen molar-refractivity contribution >= 4 is 5.69 Å². The van der Waals surface area contributed by atoms with Gasteiger partial charge in [-0.1, -0.05) is 0 Å². The highest BCUT2D eigenvalue weighted by Crippen LogP contribution is 2.17. The minimum Gasteiger partial charge on any atom is -0.373 e. The molecule has 0 saturated carbocycles. The van der Waals surface area contributed by atoms with Crippen LogP contribution in [0.3, 0.4) is 0 Å². The fraction of sp³-hybridized carbons (Fsp3) is 0.533. The minimum atomic E-state index is 0.763. The zero-order chi connectivity index (χ0) is 13.7. The van der Waals surface area contributed by atoms with Crippen LogP contribution in [0.25, 0.3) is 0 Å². The first-order valence-electron chi connectivity index (χ1n) is 6.85. The summed E-state index contributed by atoms with van der Waals surface area (Å²) in [7, 11) is 2.11. The molecule has 1 aliphatic heterocycles. The van der Waals surface area contributed by atoms with Crippen LogP contribution in [0.15, 0.2) is 18.2 Å². The number of hydrogen-bond donors (Lipinski definition) is 1. The van der Waals surface area contributed by atoms with E-state index in [2.05, 4.69) is 34.3 Å². The lowest BCUT2D eigenvalue weighted by molar-refractivity contribution is 0.246. The third kappa shape index (κ3) is 3.69. The fourth-order valence-corrected chi connectivity index (χ4v) is 2.37. The number of aryl methyl sites for hydroxylation is 1. The van der Waals surface area contributed by atoms with Crippen molar-refractivity contribution in [1.82, 2.24) is 10.2 Å². The number of likely N-dealkylation sites (N-methyl/N-ethyl adjacent to an activating group) is 1. The number of benzene rings is 1. The van der Waals surface area contributed by atoms with Crippen molar-refractivity contribution in [2.75, 3.05) is 51.2 Å². The average molecular weight is 258 g/mol. The summed E-state index contributed by atoms with van der Waals surface area (Å²) >= 11 is 0. The van der Waals surface area contributed by atoms with Crippen LogP contribution in [0.1, 0.15) is 11.1 Å². The van der Waals surface area contributed by atoms with Crippen molar-refractivity contribution < 1.29 is 0 Å². The van der Waals surface area contributed by atoms with Gasteiger partial charge in [-0.2, -0.15) is 5.26 Å². The van der Waals surface area contributed by atoms with E-state index < -0.39 is 0 Å². The van der Waals surface area contributed by atoms with Crippen LogP contribution in [0, 0.1) is 18.3 Å². The van der Waals surface area contributed by atoms with E-state index in [1.165, 1.54) is 5.69 Å². The van der Waals surface area contributed by atoms with Gasteiger partial charge in [0, 0.05) is 52.0 Å². The molecule has 4 heteroatoms. The molecular formula is C15H22N4. The van der Waals surface area contributed by atoms with E-state index in [0.717, 1.165) is 50.4 Å². The topological polar surface area (TPSA) is 42.3 Å². The second kappa shape index (κ2) is 6.55. The summed E-state index contributed by atoms with van der Waals surface area (Å²) in [5, 5.41) is 12.3. The average Bonchev–Trinajstić information content (AvgIpc) is 2.45. The summed E-state index contributed by atoms with van der Waals surface area (Å²) in [6.45, 7) is 8.58. The fourth-order valence-electron chi connectivity index (χ4n) is 2.37. The predicted molar refractivity (Wildman–Crippen MR) is 78.5 cm³/mol. The van der Waals surface area contributed by atoms with Crippen molar-refractivity contribution in [1.29, 1.82) is 5.26 Å². The van der Waals surface area contributed by atoms with Crippen molar-refractivity contribution in [2.24, 2.45) is 0 Å². The summed E-state index contributed by atoms with van der Waals surface area (Å²) in [6.07, 6.45) is 0. The van der Waals surface area contributed by atoms with Crippen molar-refractivity contribution in [3.05, 3.63) is 29.3 Å². The quantitative estimate of drug-likeness (QED) is 0.881. The summed E-state index contributed by atoms with van der Waals surface area (Å²) in [5.41, 5.74) is 3.00. The Labute approximate surface area is 115 Å². The van der Waals surface area contributed by atoms with Gasteiger partial charge in [0.2, 0.25) is 0 Å². The number of anilines is 1. The lowest BCUT2D eigenvalue weighted by atomic mass is 10.1. The summed E-state index contributed by atoms with van der Waals surface area (Å²) in [5.74, 6) is 0. The van der Waals surface area contributed by atoms with Crippen LogP contribution < -0.4 is 10.2 Å². The molecule has 1 aromatic carbocycles. The zero-order valence-corrected chi connectivity index (χ0v) is 11.8. The van der Waals surface area contributed by atoms with Crippen LogP contribution in [0.4, 0.5) is 5.69 Å². The molecule has 0 aliphatic carbocycles. The van der Waals surface area contributed by atoms with E-state index in [9.17, 15) is 0 Å². The highest BCUT2D eigenvalue weighted by molar-refractivity contribution is 5.53. The first-order chi connectivity index (χ1) is 9.20. The molecule has 4 nitrogen and oxygen atoms in total. The van der Waals surface area contributed by atoms with Crippen molar-refractivity contribution in [2.45, 2.75) is 6.92 Å². The summed E-state index contributed by atoms with van der Waals surface area (Å²) < 4.78 is 0. The van der Waals surface area contributed by atoms with Gasteiger partial charge in [-0.25, -0.2) is 0 Å². The monoisotopic (exact) mass is 258 g/mol. The van der Waals surface area contributed by atoms with E-state index in [4.69, 9.17) is 5.26 Å². The SMILES string of the molecule is Cc1cc(N(C)CCN2CCNCC2)ccc1C#N. The maximum Gasteiger partial charge on any atom is 0.0994 e. The van der Waals surface area contributed by atoms with Crippen LogP contribution in [0.2, 0.25) is 0 Å². The van der Waals surface area contributed by atoms with Gasteiger partial charge in [0.15, 0.2) is 0 Å². The van der Waals surface area contributed by atoms with Crippen LogP contribution in [0.5, 0.6) is 0 Å². The lowest BCUT2D eigenvalue weighted by Gasteiger charge is -2.29. The number of nitrogens with zero attached hydrogens (tertiary/aromatic N) is 3. The third-order valence-electron chi connectivity index (χ3n) is 3.73. The van der Waals surface area contributed by atoms with Gasteiger partial charge in [-0.3, -0.25) is 4.90 Å². The molecular weight excluding hydrogens is 236 g/mol. The maximum atomic E-state index is 8.95. The van der Waals surface area contributed by atoms with Crippen molar-refractivity contribution in [3.8, 4) is 6.07 Å². The van der Waals surface area contributed by atoms with E-state index in [1.54, 1.807) is 0 Å². The zero-order valence-electron chi connectivity index (χ0n) is 11.8. The van der Waals surface area contributed by atoms with Gasteiger partial charge >= 0.3 is 0 Å². The highest BCUT2D eigenvalue weighted by atomic mass is 15.2. The summed E-state index contributed by atoms with van der Waals surface area (Å²) in [6, 6.07) is 8.24. The molecule has 0 aromatic heterocycles. The highest BCUT2D eigenvalue weighted by Gasteiger charge is 2.10. The first kappa shape index (κ1) is 13.9. The van der Waals surface area contributed by atoms with Gasteiger partial charge in [0.05, 0.1) is 11.6 Å². The molecule has 0 unspecified atom stereocenters. The number of rotatable bonds is 4. The predicted octanol–water partition coefficient (Wildman–Crippen LogP) is 1.21. The van der Waals surface area contributed by atoms with Crippen LogP contribution in [-0.2, 0) is 0 Å². The van der Waals surface area contributed by atoms with Gasteiger partial charge in [0.1, 0.15) is 0 Å². The second-order valence-corrected chi connectivity index (χ2v) is 5.12. The molecule has 102 valence electrons. The van der Waals surface area contributed by atoms with Gasteiger partial charge < -0.3 is 10.2 Å². The molecule has 0 spiro atoms. The third-order valence-corrected chi connectivity index (χ3v) is 3.73. The van der Waals surface area contributed by atoms with E-state index in [-0.39, 0.29) is 0 Å². The number of nitriles is 1. The van der Waals surface area contributed by atoms with Crippen molar-refractivity contribution in [3.63, 3.8) is 0 Å². The van der Waals surface area contributed by atoms with E-state index in [0.29, 0.717) is 0 Å². The Morgan fingerprint density at radius 2 is 2.11 bits per heavy atom. The smallest absolute Gasteiger partial charge is 0.0994 e. The Hall–Kier alpha value is -1.57.